The van der Waals surface area contributed by atoms with Gasteiger partial charge in [-0.15, -0.1) is 27.8 Å². The molecule has 0 saturated heterocycles. The van der Waals surface area contributed by atoms with Gasteiger partial charge < -0.3 is 1.43 Å². The molecule has 0 aliphatic carbocycles. The first kappa shape index (κ1) is 32.3. The van der Waals surface area contributed by atoms with Crippen molar-refractivity contribution in [3.8, 4) is 21.1 Å². The molecule has 220 valence electrons. The predicted octanol–water partition coefficient (Wildman–Crippen LogP) is 4.58. The number of aryl methyl sites for hydroxylation is 2. The molecule has 0 saturated carbocycles. The molecule has 0 spiro atoms. The summed E-state index contributed by atoms with van der Waals surface area (Å²) in [5, 5.41) is 9.43. The predicted molar refractivity (Wildman–Crippen MR) is 168 cm³/mol. The molecule has 4 aromatic carbocycles. The van der Waals surface area contributed by atoms with Crippen LogP contribution in [0.15, 0.2) is 92.9 Å². The van der Waals surface area contributed by atoms with Crippen LogP contribution in [0, 0.1) is 13.8 Å². The van der Waals surface area contributed by atoms with Gasteiger partial charge in [-0.05, 0) is 85.6 Å². The Morgan fingerprint density at radius 1 is 0.682 bits per heavy atom. The van der Waals surface area contributed by atoms with E-state index in [0.717, 1.165) is 11.1 Å². The quantitative estimate of drug-likeness (QED) is 0.0949. The van der Waals surface area contributed by atoms with Gasteiger partial charge in [-0.2, -0.15) is 16.8 Å². The van der Waals surface area contributed by atoms with E-state index in [-0.39, 0.29) is 40.8 Å². The molecule has 6 aromatic rings. The van der Waals surface area contributed by atoms with E-state index in [1.54, 1.807) is 74.5 Å². The van der Waals surface area contributed by atoms with Gasteiger partial charge in [0.05, 0.1) is 31.8 Å². The molecule has 0 radical (unpaired) electrons. The van der Waals surface area contributed by atoms with Crippen LogP contribution in [0.4, 0.5) is 11.4 Å². The Morgan fingerprint density at radius 2 is 1.11 bits per heavy atom. The maximum absolute atomic E-state index is 11.9. The van der Waals surface area contributed by atoms with Gasteiger partial charge in [0.25, 0.3) is 20.2 Å². The summed E-state index contributed by atoms with van der Waals surface area (Å²) < 4.78 is 67.8. The second-order valence-corrected chi connectivity index (χ2v) is 14.3. The van der Waals surface area contributed by atoms with E-state index >= 15 is 0 Å². The van der Waals surface area contributed by atoms with E-state index in [9.17, 15) is 25.9 Å². The minimum absolute atomic E-state index is 0. The molecule has 0 aliphatic heterocycles. The standard InChI is InChI=1S/C28H21N5O6S4.Na.H/c1-15-3-13-21-23(25(15)42(34,35)36)40-27(29-21)17-5-9-19(10-6-17)31-33-32-20-11-7-18(8-12-20)28-30-22-14-4-16(2)26(24(22)41-28)43(37,38)39;;/h3-14H,1-2H3,(H,31,32)(H,34,35,36)(H,37,38,39);;/q;+1;-1. The number of hydrogen-bond acceptors (Lipinski definition) is 10. The van der Waals surface area contributed by atoms with E-state index in [2.05, 4.69) is 25.7 Å². The Bertz CT molecular complexity index is 2290. The molecule has 0 unspecified atom stereocenters. The van der Waals surface area contributed by atoms with Gasteiger partial charge in [0.15, 0.2) is 0 Å². The SMILES string of the molecule is Cc1ccc2nc(-c3ccc(N=NNc4ccc(-c5nc6ccc(C)c(S(=O)(=O)O)c6s5)cc4)cc3)sc2c1S(=O)(=O)O.[H-].[Na+]. The van der Waals surface area contributed by atoms with Gasteiger partial charge in [0, 0.05) is 11.1 Å². The number of hydrogen-bond donors (Lipinski definition) is 3. The van der Waals surface area contributed by atoms with Crippen LogP contribution in [-0.2, 0) is 20.2 Å². The molecule has 2 aromatic heterocycles. The Hall–Kier alpha value is -3.12. The van der Waals surface area contributed by atoms with Gasteiger partial charge in [0.2, 0.25) is 0 Å². The molecular formula is C28H22N5NaO6S4. The van der Waals surface area contributed by atoms with E-state index in [0.29, 0.717) is 53.0 Å². The van der Waals surface area contributed by atoms with E-state index < -0.39 is 20.2 Å². The number of nitrogens with zero attached hydrogens (tertiary/aromatic N) is 4. The molecule has 0 atom stereocenters. The topological polar surface area (TPSA) is 171 Å². The summed E-state index contributed by atoms with van der Waals surface area (Å²) in [6.45, 7) is 3.25. The Morgan fingerprint density at radius 3 is 1.55 bits per heavy atom. The van der Waals surface area contributed by atoms with Crippen LogP contribution in [0.25, 0.3) is 41.6 Å². The van der Waals surface area contributed by atoms with Crippen molar-refractivity contribution in [1.29, 1.82) is 0 Å². The summed E-state index contributed by atoms with van der Waals surface area (Å²) in [4.78, 5) is 8.80. The molecule has 44 heavy (non-hydrogen) atoms. The van der Waals surface area contributed by atoms with Gasteiger partial charge >= 0.3 is 29.6 Å². The fraction of sp³-hybridized carbons (Fsp3) is 0.0714. The maximum Gasteiger partial charge on any atom is 1.00 e. The van der Waals surface area contributed by atoms with E-state index in [1.807, 2.05) is 12.1 Å². The maximum atomic E-state index is 11.9. The van der Waals surface area contributed by atoms with Crippen LogP contribution in [0.1, 0.15) is 12.6 Å². The first-order valence-electron chi connectivity index (χ1n) is 12.5. The molecule has 2 heterocycles. The molecule has 0 amide bonds. The molecular weight excluding hydrogens is 654 g/mol. The van der Waals surface area contributed by atoms with Crippen LogP contribution in [0.3, 0.4) is 0 Å². The van der Waals surface area contributed by atoms with Gasteiger partial charge in [-0.25, -0.2) is 9.97 Å². The third-order valence-corrected chi connectivity index (χ3v) is 11.1. The zero-order chi connectivity index (χ0) is 30.5. The minimum atomic E-state index is -4.39. The fourth-order valence-electron chi connectivity index (χ4n) is 4.52. The normalized spacial score (nSPS) is 12.2. The van der Waals surface area contributed by atoms with Gasteiger partial charge in [-0.3, -0.25) is 14.5 Å². The van der Waals surface area contributed by atoms with Gasteiger partial charge in [0.1, 0.15) is 19.8 Å². The number of fused-ring (bicyclic) bond motifs is 2. The Kier molecular flexibility index (Phi) is 9.06. The third-order valence-electron chi connectivity index (χ3n) is 6.52. The Balaban J connectivity index is 0.00000230. The number of aromatic nitrogens is 2. The second-order valence-electron chi connectivity index (χ2n) is 9.54. The molecule has 0 fully saturated rings. The number of benzene rings is 4. The van der Waals surface area contributed by atoms with E-state index in [4.69, 9.17) is 0 Å². The van der Waals surface area contributed by atoms with Crippen molar-refractivity contribution in [2.75, 3.05) is 5.43 Å². The molecule has 6 rings (SSSR count). The number of nitrogens with one attached hydrogen (secondary N) is 1. The summed E-state index contributed by atoms with van der Waals surface area (Å²) >= 11 is 2.37. The van der Waals surface area contributed by atoms with Crippen molar-refractivity contribution in [1.82, 2.24) is 9.97 Å². The largest absolute Gasteiger partial charge is 1.00 e. The first-order valence-corrected chi connectivity index (χ1v) is 17.0. The number of thiazole rings is 2. The van der Waals surface area contributed by atoms with Crippen LogP contribution < -0.4 is 35.0 Å². The van der Waals surface area contributed by atoms with Gasteiger partial charge in [-0.1, -0.05) is 17.4 Å². The number of anilines is 1. The van der Waals surface area contributed by atoms with Crippen LogP contribution >= 0.6 is 22.7 Å². The van der Waals surface area contributed by atoms with Crippen molar-refractivity contribution in [3.63, 3.8) is 0 Å². The van der Waals surface area contributed by atoms with Crippen molar-refractivity contribution in [3.05, 3.63) is 83.9 Å². The average molecular weight is 676 g/mol. The number of rotatable bonds is 7. The van der Waals surface area contributed by atoms with Crippen molar-refractivity contribution in [2.24, 2.45) is 10.3 Å². The fourth-order valence-corrected chi connectivity index (χ4v) is 9.16. The molecule has 3 N–H and O–H groups in total. The monoisotopic (exact) mass is 675 g/mol. The van der Waals surface area contributed by atoms with E-state index in [1.165, 1.54) is 22.7 Å². The van der Waals surface area contributed by atoms with Crippen LogP contribution in [-0.4, -0.2) is 35.9 Å². The summed E-state index contributed by atoms with van der Waals surface area (Å²) in [6, 6.07) is 21.0. The van der Waals surface area contributed by atoms with Crippen molar-refractivity contribution >= 4 is 74.7 Å². The third kappa shape index (κ3) is 6.47. The van der Waals surface area contributed by atoms with Crippen LogP contribution in [0.5, 0.6) is 0 Å². The smallest absolute Gasteiger partial charge is 1.00 e. The molecule has 11 nitrogen and oxygen atoms in total. The second kappa shape index (κ2) is 12.3. The summed E-state index contributed by atoms with van der Waals surface area (Å²) in [5.74, 6) is 0. The zero-order valence-electron chi connectivity index (χ0n) is 24.4. The summed E-state index contributed by atoms with van der Waals surface area (Å²) in [6.07, 6.45) is 0. The van der Waals surface area contributed by atoms with Crippen LogP contribution in [0.2, 0.25) is 0 Å². The molecule has 0 bridgehead atoms. The van der Waals surface area contributed by atoms with Crippen molar-refractivity contribution in [2.45, 2.75) is 23.6 Å². The summed E-state index contributed by atoms with van der Waals surface area (Å²) in [7, 11) is -8.79. The minimum Gasteiger partial charge on any atom is -1.00 e. The summed E-state index contributed by atoms with van der Waals surface area (Å²) in [5.41, 5.74) is 7.50. The Labute approximate surface area is 284 Å². The first-order chi connectivity index (χ1) is 20.4. The molecule has 0 aliphatic rings. The molecule has 16 heteroatoms. The van der Waals surface area contributed by atoms with Crippen molar-refractivity contribution < 1.29 is 56.9 Å². The zero-order valence-corrected chi connectivity index (χ0v) is 28.6. The average Bonchev–Trinajstić information content (AvgIpc) is 3.56.